The van der Waals surface area contributed by atoms with Gasteiger partial charge in [-0.05, 0) is 83.5 Å². The standard InChI is InChI=1S/C46H76NO11P/c1-3-5-7-9-11-12-13-14-15-16-17-18-19-20-21-22-23-27-31-35-44(48)54-37-40(38-55-59(52,53)56-39-41(47)46(50)51)57-45(49)36-32-28-24-26-30-34-43-42(58-43)33-29-25-10-8-6-4-2/h5,7,11-12,14-15,17-18,20-21,25,29,40-43H,3-4,6,8-10,13,16,19,22-24,26-28,30-39,47H2,1-2H3,(H,50,51)(H,52,53)/b7-5-,12-11-,15-14-,18-17-,21-20-,29-25-/t40-,41+,42?,43?/m1/s1. The topological polar surface area (TPSA) is 184 Å². The third-order valence-corrected chi connectivity index (χ3v) is 10.3. The second kappa shape index (κ2) is 36.7. The van der Waals surface area contributed by atoms with Crippen LogP contribution in [0.5, 0.6) is 0 Å². The molecule has 1 fully saturated rings. The van der Waals surface area contributed by atoms with Gasteiger partial charge in [0.1, 0.15) is 12.6 Å². The predicted octanol–water partition coefficient (Wildman–Crippen LogP) is 10.7. The monoisotopic (exact) mass is 850 g/mol. The first-order valence-corrected chi connectivity index (χ1v) is 23.6. The number of hydrogen-bond donors (Lipinski definition) is 3. The largest absolute Gasteiger partial charge is 0.480 e. The van der Waals surface area contributed by atoms with E-state index in [1.807, 2.05) is 0 Å². The smallest absolute Gasteiger partial charge is 0.472 e. The first kappa shape index (κ1) is 53.9. The molecule has 0 bridgehead atoms. The number of phosphoric acid groups is 1. The van der Waals surface area contributed by atoms with Gasteiger partial charge in [-0.25, -0.2) is 4.57 Å². The Kier molecular flexibility index (Phi) is 33.5. The number of allylic oxidation sites excluding steroid dienone is 11. The van der Waals surface area contributed by atoms with Gasteiger partial charge in [-0.2, -0.15) is 0 Å². The van der Waals surface area contributed by atoms with Crippen molar-refractivity contribution in [1.82, 2.24) is 0 Å². The fraction of sp³-hybridized carbons (Fsp3) is 0.674. The number of carboxylic acid groups (broad SMARTS) is 1. The van der Waals surface area contributed by atoms with Gasteiger partial charge in [0.05, 0.1) is 25.4 Å². The van der Waals surface area contributed by atoms with Gasteiger partial charge in [0.2, 0.25) is 0 Å². The Labute approximate surface area is 355 Å². The Hall–Kier alpha value is -3.12. The number of aliphatic carboxylic acids is 1. The fourth-order valence-corrected chi connectivity index (χ4v) is 6.58. The van der Waals surface area contributed by atoms with Crippen molar-refractivity contribution in [2.24, 2.45) is 5.73 Å². The summed E-state index contributed by atoms with van der Waals surface area (Å²) >= 11 is 0. The van der Waals surface area contributed by atoms with Crippen LogP contribution < -0.4 is 5.73 Å². The molecule has 1 saturated heterocycles. The van der Waals surface area contributed by atoms with E-state index in [0.717, 1.165) is 96.3 Å². The summed E-state index contributed by atoms with van der Waals surface area (Å²) in [4.78, 5) is 46.0. The molecular weight excluding hydrogens is 773 g/mol. The fourth-order valence-electron chi connectivity index (χ4n) is 5.80. The van der Waals surface area contributed by atoms with Crippen LogP contribution in [-0.2, 0) is 42.2 Å². The van der Waals surface area contributed by atoms with Crippen LogP contribution in [-0.4, -0.2) is 72.1 Å². The molecular formula is C46H76NO11P. The van der Waals surface area contributed by atoms with E-state index in [9.17, 15) is 23.8 Å². The summed E-state index contributed by atoms with van der Waals surface area (Å²) in [6.45, 7) is 2.59. The maximum Gasteiger partial charge on any atom is 0.472 e. The first-order valence-electron chi connectivity index (χ1n) is 22.1. The van der Waals surface area contributed by atoms with Crippen LogP contribution in [0.4, 0.5) is 0 Å². The molecule has 0 aromatic heterocycles. The minimum Gasteiger partial charge on any atom is -0.480 e. The average molecular weight is 850 g/mol. The molecule has 3 unspecified atom stereocenters. The van der Waals surface area contributed by atoms with Gasteiger partial charge in [0.15, 0.2) is 6.10 Å². The predicted molar refractivity (Wildman–Crippen MR) is 235 cm³/mol. The Balaban J connectivity index is 2.32. The minimum absolute atomic E-state index is 0.126. The van der Waals surface area contributed by atoms with Crippen molar-refractivity contribution in [2.45, 2.75) is 179 Å². The van der Waals surface area contributed by atoms with Crippen LogP contribution in [0.2, 0.25) is 0 Å². The molecule has 4 N–H and O–H groups in total. The lowest BCUT2D eigenvalue weighted by atomic mass is 10.1. The van der Waals surface area contributed by atoms with Crippen molar-refractivity contribution >= 4 is 25.7 Å². The zero-order valence-electron chi connectivity index (χ0n) is 36.0. The van der Waals surface area contributed by atoms with Gasteiger partial charge in [-0.15, -0.1) is 0 Å². The summed E-state index contributed by atoms with van der Waals surface area (Å²) in [5.41, 5.74) is 5.33. The van der Waals surface area contributed by atoms with E-state index >= 15 is 0 Å². The molecule has 0 aliphatic carbocycles. The van der Waals surface area contributed by atoms with E-state index in [1.165, 1.54) is 19.3 Å². The van der Waals surface area contributed by atoms with E-state index < -0.39 is 51.1 Å². The van der Waals surface area contributed by atoms with E-state index in [4.69, 9.17) is 29.6 Å². The van der Waals surface area contributed by atoms with Crippen molar-refractivity contribution in [3.63, 3.8) is 0 Å². The van der Waals surface area contributed by atoms with Crippen LogP contribution in [0, 0.1) is 0 Å². The van der Waals surface area contributed by atoms with Crippen molar-refractivity contribution in [3.05, 3.63) is 72.9 Å². The molecule has 1 aliphatic rings. The highest BCUT2D eigenvalue weighted by molar-refractivity contribution is 7.47. The number of hydrogen-bond acceptors (Lipinski definition) is 10. The number of carbonyl (C=O) groups excluding carboxylic acids is 2. The van der Waals surface area contributed by atoms with Crippen LogP contribution in [0.15, 0.2) is 72.9 Å². The van der Waals surface area contributed by atoms with Crippen LogP contribution in [0.25, 0.3) is 0 Å². The van der Waals surface area contributed by atoms with Crippen LogP contribution in [0.3, 0.4) is 0 Å². The first-order chi connectivity index (χ1) is 28.6. The molecule has 13 heteroatoms. The van der Waals surface area contributed by atoms with Gasteiger partial charge in [0, 0.05) is 12.8 Å². The average Bonchev–Trinajstić information content (AvgIpc) is 3.97. The molecule has 1 rings (SSSR count). The molecule has 0 aromatic carbocycles. The highest BCUT2D eigenvalue weighted by atomic mass is 31.2. The van der Waals surface area contributed by atoms with Gasteiger partial charge in [-0.3, -0.25) is 23.4 Å². The third kappa shape index (κ3) is 34.3. The molecule has 5 atom stereocenters. The van der Waals surface area contributed by atoms with Gasteiger partial charge in [-0.1, -0.05) is 132 Å². The summed E-state index contributed by atoms with van der Waals surface area (Å²) in [5, 5.41) is 8.90. The Morgan fingerprint density at radius 1 is 0.644 bits per heavy atom. The number of phosphoric ester groups is 1. The molecule has 0 spiro atoms. The van der Waals surface area contributed by atoms with Crippen LogP contribution >= 0.6 is 7.82 Å². The molecule has 0 radical (unpaired) electrons. The van der Waals surface area contributed by atoms with E-state index in [0.29, 0.717) is 25.0 Å². The molecule has 0 saturated carbocycles. The maximum absolute atomic E-state index is 12.7. The van der Waals surface area contributed by atoms with Crippen molar-refractivity contribution in [3.8, 4) is 0 Å². The molecule has 59 heavy (non-hydrogen) atoms. The zero-order chi connectivity index (χ0) is 43.2. The Bertz CT molecular complexity index is 1340. The number of carboxylic acids is 1. The lowest BCUT2D eigenvalue weighted by Crippen LogP contribution is -2.34. The van der Waals surface area contributed by atoms with E-state index in [1.54, 1.807) is 0 Å². The van der Waals surface area contributed by atoms with Gasteiger partial charge in [0.25, 0.3) is 0 Å². The number of unbranched alkanes of at least 4 members (excludes halogenated alkanes) is 10. The minimum atomic E-state index is -4.74. The van der Waals surface area contributed by atoms with Crippen LogP contribution in [0.1, 0.15) is 155 Å². The lowest BCUT2D eigenvalue weighted by Gasteiger charge is -2.20. The summed E-state index contributed by atoms with van der Waals surface area (Å²) in [6.07, 6.45) is 45.5. The van der Waals surface area contributed by atoms with Gasteiger partial charge >= 0.3 is 25.7 Å². The number of epoxide rings is 1. The summed E-state index contributed by atoms with van der Waals surface area (Å²) in [6, 6.07) is -1.54. The Morgan fingerprint density at radius 2 is 1.17 bits per heavy atom. The third-order valence-electron chi connectivity index (χ3n) is 9.36. The molecule has 0 amide bonds. The molecule has 12 nitrogen and oxygen atoms in total. The second-order valence-corrected chi connectivity index (χ2v) is 16.3. The number of rotatable bonds is 39. The molecule has 1 aliphatic heterocycles. The lowest BCUT2D eigenvalue weighted by molar-refractivity contribution is -0.161. The van der Waals surface area contributed by atoms with Gasteiger partial charge < -0.3 is 29.9 Å². The number of nitrogens with two attached hydrogens (primary N) is 1. The summed E-state index contributed by atoms with van der Waals surface area (Å²) in [5.74, 6) is -2.46. The molecule has 0 aromatic rings. The SMILES string of the molecule is CC/C=C\C/C=C\C/C=C\C/C=C\C/C=C\CCCCCC(=O)OC[C@H](COP(=O)(O)OC[C@H](N)C(=O)O)OC(=O)CCCCCCCC1OC1C/C=C\CCCCC. The molecule has 336 valence electrons. The van der Waals surface area contributed by atoms with E-state index in [2.05, 4.69) is 91.3 Å². The normalized spacial score (nSPS) is 17.8. The highest BCUT2D eigenvalue weighted by Crippen LogP contribution is 2.43. The summed E-state index contributed by atoms with van der Waals surface area (Å²) < 4.78 is 38.5. The van der Waals surface area contributed by atoms with Crippen molar-refractivity contribution in [1.29, 1.82) is 0 Å². The van der Waals surface area contributed by atoms with Crippen molar-refractivity contribution in [2.75, 3.05) is 19.8 Å². The van der Waals surface area contributed by atoms with E-state index in [-0.39, 0.29) is 19.4 Å². The number of ether oxygens (including phenoxy) is 3. The number of esters is 2. The quantitative estimate of drug-likeness (QED) is 0.0175. The maximum atomic E-state index is 12.7. The second-order valence-electron chi connectivity index (χ2n) is 14.8. The number of carbonyl (C=O) groups is 3. The highest BCUT2D eigenvalue weighted by Gasteiger charge is 2.36. The Morgan fingerprint density at radius 3 is 1.80 bits per heavy atom. The molecule has 1 heterocycles. The summed E-state index contributed by atoms with van der Waals surface area (Å²) in [7, 11) is -4.74. The van der Waals surface area contributed by atoms with Crippen molar-refractivity contribution < 1.29 is 52.2 Å². The zero-order valence-corrected chi connectivity index (χ0v) is 36.9.